The number of likely N-dealkylation sites (tertiary alicyclic amines) is 1. The molecule has 2 aromatic heterocycles. The number of carbonyl (C=O) groups is 2. The molecule has 2 saturated heterocycles. The van der Waals surface area contributed by atoms with Gasteiger partial charge in [0.25, 0.3) is 0 Å². The minimum Gasteiger partial charge on any atom is -0.481 e. The molecule has 0 aliphatic carbocycles. The number of piperidine rings is 2. The maximum Gasteiger partial charge on any atom is 0.410 e. The first-order valence-corrected chi connectivity index (χ1v) is 16.6. The molecule has 2 aliphatic rings. The summed E-state index contributed by atoms with van der Waals surface area (Å²) in [6, 6.07) is 16.1. The Labute approximate surface area is 282 Å². The van der Waals surface area contributed by atoms with Crippen molar-refractivity contribution in [2.24, 2.45) is 14.1 Å². The number of aromatic nitrogens is 4. The Morgan fingerprint density at radius 2 is 1.35 bits per heavy atom. The van der Waals surface area contributed by atoms with Crippen LogP contribution in [0.25, 0.3) is 22.3 Å². The number of aliphatic hydroxyl groups excluding tert-OH is 1. The third-order valence-corrected chi connectivity index (χ3v) is 9.51. The zero-order chi connectivity index (χ0) is 34.5. The maximum atomic E-state index is 12.3. The number of carboxylic acids is 1. The van der Waals surface area contributed by atoms with E-state index in [4.69, 9.17) is 4.74 Å². The minimum absolute atomic E-state index is 0.0938. The molecule has 0 radical (unpaired) electrons. The summed E-state index contributed by atoms with van der Waals surface area (Å²) in [6.07, 6.45) is 9.83. The van der Waals surface area contributed by atoms with E-state index in [0.29, 0.717) is 25.9 Å². The summed E-state index contributed by atoms with van der Waals surface area (Å²) in [5.74, 6) is -0.861. The van der Waals surface area contributed by atoms with Crippen LogP contribution in [0.1, 0.15) is 57.6 Å². The van der Waals surface area contributed by atoms with E-state index < -0.39 is 23.1 Å². The number of rotatable bonds is 6. The molecule has 0 spiro atoms. The Morgan fingerprint density at radius 1 is 0.833 bits per heavy atom. The van der Waals surface area contributed by atoms with Gasteiger partial charge in [0.15, 0.2) is 0 Å². The van der Waals surface area contributed by atoms with Crippen molar-refractivity contribution in [3.8, 4) is 22.3 Å². The highest BCUT2D eigenvalue weighted by atomic mass is 16.6. The quantitative estimate of drug-likeness (QED) is 0.260. The Hall–Kier alpha value is -4.48. The van der Waals surface area contributed by atoms with Crippen LogP contribution in [-0.4, -0.2) is 85.1 Å². The molecule has 0 saturated carbocycles. The van der Waals surface area contributed by atoms with Gasteiger partial charge in [-0.2, -0.15) is 10.2 Å². The van der Waals surface area contributed by atoms with E-state index in [1.54, 1.807) is 15.8 Å². The molecule has 0 unspecified atom stereocenters. The van der Waals surface area contributed by atoms with Gasteiger partial charge in [-0.05, 0) is 87.9 Å². The van der Waals surface area contributed by atoms with Crippen LogP contribution in [0.2, 0.25) is 0 Å². The number of hydrogen-bond acceptors (Lipinski definition) is 7. The van der Waals surface area contributed by atoms with Gasteiger partial charge in [0.05, 0.1) is 24.4 Å². The van der Waals surface area contributed by atoms with Gasteiger partial charge in [0.2, 0.25) is 0 Å². The maximum absolute atomic E-state index is 12.3. The summed E-state index contributed by atoms with van der Waals surface area (Å²) in [4.78, 5) is 26.2. The zero-order valence-electron chi connectivity index (χ0n) is 28.6. The Bertz CT molecular complexity index is 1710. The predicted octanol–water partition coefficient (Wildman–Crippen LogP) is 5.14. The van der Waals surface area contributed by atoms with Gasteiger partial charge in [-0.3, -0.25) is 14.2 Å². The second kappa shape index (κ2) is 14.3. The van der Waals surface area contributed by atoms with Crippen molar-refractivity contribution in [3.63, 3.8) is 0 Å². The highest BCUT2D eigenvalue weighted by Crippen LogP contribution is 2.38. The highest BCUT2D eigenvalue weighted by molar-refractivity contribution is 5.83. The molecule has 2 aliphatic heterocycles. The van der Waals surface area contributed by atoms with Crippen molar-refractivity contribution in [2.45, 2.75) is 62.9 Å². The van der Waals surface area contributed by atoms with Crippen LogP contribution in [0.15, 0.2) is 73.3 Å². The smallest absolute Gasteiger partial charge is 0.410 e. The number of hydrogen-bond donors (Lipinski definition) is 3. The third kappa shape index (κ3) is 7.79. The topological polar surface area (TPSA) is 135 Å². The number of carboxylic acid groups (broad SMARTS) is 1. The highest BCUT2D eigenvalue weighted by Gasteiger charge is 2.44. The number of ether oxygens (including phenoxy) is 1. The van der Waals surface area contributed by atoms with Crippen molar-refractivity contribution < 1.29 is 24.5 Å². The van der Waals surface area contributed by atoms with Crippen LogP contribution >= 0.6 is 0 Å². The van der Waals surface area contributed by atoms with Crippen LogP contribution in [0.4, 0.5) is 4.79 Å². The molecule has 48 heavy (non-hydrogen) atoms. The molecule has 3 N–H and O–H groups in total. The van der Waals surface area contributed by atoms with Crippen molar-refractivity contribution in [2.75, 3.05) is 32.8 Å². The molecule has 256 valence electrons. The molecule has 1 amide bonds. The van der Waals surface area contributed by atoms with Crippen LogP contribution < -0.4 is 5.32 Å². The van der Waals surface area contributed by atoms with Crippen LogP contribution in [-0.2, 0) is 34.5 Å². The molecule has 11 nitrogen and oxygen atoms in total. The fourth-order valence-corrected chi connectivity index (χ4v) is 6.63. The summed E-state index contributed by atoms with van der Waals surface area (Å²) in [6.45, 7) is 8.30. The molecular weight excluding hydrogens is 608 g/mol. The lowest BCUT2D eigenvalue weighted by Gasteiger charge is -2.39. The summed E-state index contributed by atoms with van der Waals surface area (Å²) in [5.41, 5.74) is 4.47. The molecule has 0 bridgehead atoms. The second-order valence-corrected chi connectivity index (χ2v) is 14.0. The number of nitrogens with zero attached hydrogens (tertiary/aromatic N) is 5. The van der Waals surface area contributed by atoms with E-state index in [0.717, 1.165) is 48.2 Å². The van der Waals surface area contributed by atoms with Crippen molar-refractivity contribution in [3.05, 3.63) is 84.4 Å². The Kier molecular flexibility index (Phi) is 10.4. The van der Waals surface area contributed by atoms with Gasteiger partial charge in [0, 0.05) is 56.1 Å². The largest absolute Gasteiger partial charge is 0.481 e. The molecule has 6 rings (SSSR count). The number of carbonyl (C=O) groups excluding carboxylic acids is 1. The van der Waals surface area contributed by atoms with Crippen LogP contribution in [0.5, 0.6) is 0 Å². The SMILES string of the molecule is Cn1cc(-c2cccc(C3(C(=O)O)CCN(C(=O)OC(C)(C)C)CC3)c2)cn1.Cn1cc(-c2cccc(C3(CO)CCNCC3)c2)cn1. The fraction of sp³-hybridized carbons (Fsp3) is 0.459. The van der Waals surface area contributed by atoms with Crippen molar-refractivity contribution >= 4 is 12.1 Å². The first-order valence-electron chi connectivity index (χ1n) is 16.6. The normalized spacial score (nSPS) is 17.2. The van der Waals surface area contributed by atoms with E-state index in [9.17, 15) is 19.8 Å². The monoisotopic (exact) mass is 656 g/mol. The van der Waals surface area contributed by atoms with E-state index in [1.165, 1.54) is 11.1 Å². The lowest BCUT2D eigenvalue weighted by Crippen LogP contribution is -2.50. The van der Waals surface area contributed by atoms with Gasteiger partial charge in [-0.25, -0.2) is 4.79 Å². The third-order valence-electron chi connectivity index (χ3n) is 9.51. The number of aryl methyl sites for hydroxylation is 2. The average Bonchev–Trinajstić information content (AvgIpc) is 3.72. The van der Waals surface area contributed by atoms with Gasteiger partial charge in [-0.15, -0.1) is 0 Å². The van der Waals surface area contributed by atoms with Crippen molar-refractivity contribution in [1.82, 2.24) is 29.8 Å². The zero-order valence-corrected chi connectivity index (χ0v) is 28.6. The van der Waals surface area contributed by atoms with E-state index in [-0.39, 0.29) is 12.0 Å². The van der Waals surface area contributed by atoms with Gasteiger partial charge in [0.1, 0.15) is 5.60 Å². The van der Waals surface area contributed by atoms with Gasteiger partial charge < -0.3 is 25.2 Å². The first kappa shape index (κ1) is 34.8. The molecular formula is C37H48N6O5. The van der Waals surface area contributed by atoms with Crippen LogP contribution in [0, 0.1) is 0 Å². The summed E-state index contributed by atoms with van der Waals surface area (Å²) in [7, 11) is 3.77. The van der Waals surface area contributed by atoms with Crippen LogP contribution in [0.3, 0.4) is 0 Å². The number of aliphatic carboxylic acids is 1. The lowest BCUT2D eigenvalue weighted by molar-refractivity contribution is -0.146. The summed E-state index contributed by atoms with van der Waals surface area (Å²) in [5, 5.41) is 31.8. The number of nitrogens with one attached hydrogen (secondary N) is 1. The molecule has 2 fully saturated rings. The average molecular weight is 657 g/mol. The molecule has 0 atom stereocenters. The fourth-order valence-electron chi connectivity index (χ4n) is 6.63. The molecule has 4 aromatic rings. The predicted molar refractivity (Wildman–Crippen MR) is 185 cm³/mol. The number of aliphatic hydroxyl groups is 1. The Balaban J connectivity index is 0.000000198. The molecule has 2 aromatic carbocycles. The van der Waals surface area contributed by atoms with Crippen molar-refractivity contribution in [1.29, 1.82) is 0 Å². The molecule has 11 heteroatoms. The lowest BCUT2D eigenvalue weighted by atomic mass is 9.72. The number of benzene rings is 2. The number of amides is 1. The first-order chi connectivity index (χ1) is 22.8. The van der Waals surface area contributed by atoms with E-state index >= 15 is 0 Å². The van der Waals surface area contributed by atoms with Gasteiger partial charge in [-0.1, -0.05) is 42.5 Å². The summed E-state index contributed by atoms with van der Waals surface area (Å²) >= 11 is 0. The van der Waals surface area contributed by atoms with Gasteiger partial charge >= 0.3 is 12.1 Å². The molecule has 4 heterocycles. The van der Waals surface area contributed by atoms with E-state index in [1.807, 2.05) is 82.4 Å². The standard InChI is InChI=1S/C21H27N3O4.C16H21N3O/c1-20(2,3)28-19(27)24-10-8-21(9-11-24,18(25)26)17-7-5-6-15(12-17)16-13-22-23(4)14-16;1-19-11-14(10-18-19)13-3-2-4-15(9-13)16(12-20)5-7-17-8-6-16/h5-7,12-14H,8-11H2,1-4H3,(H,25,26);2-4,9-11,17,20H,5-8,12H2,1H3. The Morgan fingerprint density at radius 3 is 1.81 bits per heavy atom. The minimum atomic E-state index is -1.02. The summed E-state index contributed by atoms with van der Waals surface area (Å²) < 4.78 is 8.95. The second-order valence-electron chi connectivity index (χ2n) is 14.0. The van der Waals surface area contributed by atoms with E-state index in [2.05, 4.69) is 39.8 Å².